The Balaban J connectivity index is 2.59. The summed E-state index contributed by atoms with van der Waals surface area (Å²) in [6.45, 7) is 3.11. The first-order valence-corrected chi connectivity index (χ1v) is 5.42. The van der Waals surface area contributed by atoms with E-state index in [1.807, 2.05) is 18.2 Å². The molecule has 0 amide bonds. The summed E-state index contributed by atoms with van der Waals surface area (Å²) in [6, 6.07) is 5.70. The van der Waals surface area contributed by atoms with Gasteiger partial charge >= 0.3 is 0 Å². The van der Waals surface area contributed by atoms with Gasteiger partial charge < -0.3 is 10.5 Å². The van der Waals surface area contributed by atoms with Crippen LogP contribution in [0.25, 0.3) is 0 Å². The van der Waals surface area contributed by atoms with Crippen molar-refractivity contribution in [3.63, 3.8) is 0 Å². The molecule has 4 heteroatoms. The lowest BCUT2D eigenvalue weighted by molar-refractivity contribution is 0.415. The number of methoxy groups -OCH3 is 1. The molecule has 14 heavy (non-hydrogen) atoms. The predicted octanol–water partition coefficient (Wildman–Crippen LogP) is 2.28. The van der Waals surface area contributed by atoms with Crippen LogP contribution in [0.4, 0.5) is 5.69 Å². The van der Waals surface area contributed by atoms with E-state index < -0.39 is 0 Å². The van der Waals surface area contributed by atoms with Crippen molar-refractivity contribution in [3.05, 3.63) is 18.2 Å². The molecule has 1 aromatic carbocycles. The van der Waals surface area contributed by atoms with E-state index in [2.05, 4.69) is 11.6 Å². The van der Waals surface area contributed by atoms with E-state index in [0.717, 1.165) is 29.3 Å². The molecule has 0 radical (unpaired) electrons. The van der Waals surface area contributed by atoms with Crippen LogP contribution in [0, 0.1) is 0 Å². The molecule has 0 spiro atoms. The maximum atomic E-state index is 5.84. The van der Waals surface area contributed by atoms with E-state index in [9.17, 15) is 0 Å². The minimum absolute atomic E-state index is 0.748. The molecule has 78 valence electrons. The number of nitrogens with two attached hydrogens (primary N) is 1. The fourth-order valence-corrected chi connectivity index (χ4v) is 1.75. The third kappa shape index (κ3) is 3.12. The Hall–Kier alpha value is -0.870. The summed E-state index contributed by atoms with van der Waals surface area (Å²) in [5, 5.41) is 0. The summed E-state index contributed by atoms with van der Waals surface area (Å²) >= 11 is 1.56. The third-order valence-corrected chi connectivity index (χ3v) is 2.69. The zero-order valence-corrected chi connectivity index (χ0v) is 9.36. The maximum absolute atomic E-state index is 5.84. The minimum Gasteiger partial charge on any atom is -0.497 e. The number of benzene rings is 1. The van der Waals surface area contributed by atoms with Gasteiger partial charge in [-0.15, -0.1) is 0 Å². The fraction of sp³-hybridized carbons (Fsp3) is 0.400. The molecule has 0 atom stereocenters. The fourth-order valence-electron chi connectivity index (χ4n) is 0.977. The molecule has 0 fully saturated rings. The van der Waals surface area contributed by atoms with Crippen LogP contribution in [0.15, 0.2) is 23.1 Å². The Kier molecular flexibility index (Phi) is 4.62. The average molecular weight is 212 g/mol. The van der Waals surface area contributed by atoms with Crippen molar-refractivity contribution >= 4 is 17.6 Å². The number of nitrogens with one attached hydrogen (secondary N) is 1. The molecule has 0 aromatic heterocycles. The molecule has 0 saturated heterocycles. The number of hydrogen-bond donors (Lipinski definition) is 2. The molecular weight excluding hydrogens is 196 g/mol. The smallest absolute Gasteiger partial charge is 0.120 e. The lowest BCUT2D eigenvalue weighted by Gasteiger charge is -2.07. The second-order valence-corrected chi connectivity index (χ2v) is 3.83. The Morgan fingerprint density at radius 3 is 2.86 bits per heavy atom. The Morgan fingerprint density at radius 2 is 2.29 bits per heavy atom. The lowest BCUT2D eigenvalue weighted by atomic mass is 10.3. The molecule has 0 aliphatic rings. The number of rotatable bonds is 5. The van der Waals surface area contributed by atoms with Crippen LogP contribution >= 0.6 is 11.9 Å². The van der Waals surface area contributed by atoms with Gasteiger partial charge in [0.25, 0.3) is 0 Å². The van der Waals surface area contributed by atoms with E-state index in [-0.39, 0.29) is 0 Å². The first-order valence-electron chi connectivity index (χ1n) is 4.61. The highest BCUT2D eigenvalue weighted by Gasteiger charge is 2.00. The van der Waals surface area contributed by atoms with Gasteiger partial charge in [-0.1, -0.05) is 6.92 Å². The van der Waals surface area contributed by atoms with Gasteiger partial charge in [0, 0.05) is 17.5 Å². The van der Waals surface area contributed by atoms with Gasteiger partial charge in [-0.25, -0.2) is 0 Å². The van der Waals surface area contributed by atoms with E-state index in [1.54, 1.807) is 19.1 Å². The van der Waals surface area contributed by atoms with Crippen molar-refractivity contribution in [3.8, 4) is 5.75 Å². The number of anilines is 1. The molecule has 0 aliphatic carbocycles. The van der Waals surface area contributed by atoms with Gasteiger partial charge in [0.15, 0.2) is 0 Å². The van der Waals surface area contributed by atoms with Gasteiger partial charge in [-0.2, -0.15) is 0 Å². The minimum atomic E-state index is 0.748. The predicted molar refractivity (Wildman–Crippen MR) is 61.6 cm³/mol. The molecule has 1 aromatic rings. The zero-order valence-electron chi connectivity index (χ0n) is 8.54. The van der Waals surface area contributed by atoms with Crippen molar-refractivity contribution in [1.82, 2.24) is 4.72 Å². The molecule has 0 unspecified atom stereocenters. The molecule has 0 bridgehead atoms. The highest BCUT2D eigenvalue weighted by molar-refractivity contribution is 7.97. The van der Waals surface area contributed by atoms with Crippen LogP contribution in [-0.4, -0.2) is 13.7 Å². The van der Waals surface area contributed by atoms with E-state index in [1.165, 1.54) is 0 Å². The molecule has 0 heterocycles. The summed E-state index contributed by atoms with van der Waals surface area (Å²) in [6.07, 6.45) is 1.11. The SMILES string of the molecule is CCCNSc1ccc(OC)cc1N. The highest BCUT2D eigenvalue weighted by atomic mass is 32.2. The van der Waals surface area contributed by atoms with Crippen molar-refractivity contribution in [2.75, 3.05) is 19.4 Å². The van der Waals surface area contributed by atoms with Gasteiger partial charge in [-0.05, 0) is 30.5 Å². The highest BCUT2D eigenvalue weighted by Crippen LogP contribution is 2.26. The second kappa shape index (κ2) is 5.78. The molecular formula is C10H16N2OS. The standard InChI is InChI=1S/C10H16N2OS/c1-3-6-12-14-10-5-4-8(13-2)7-9(10)11/h4-5,7,12H,3,6,11H2,1-2H3. The Morgan fingerprint density at radius 1 is 1.50 bits per heavy atom. The summed E-state index contributed by atoms with van der Waals surface area (Å²) in [5.41, 5.74) is 6.59. The number of nitrogen functional groups attached to an aromatic ring is 1. The van der Waals surface area contributed by atoms with E-state index >= 15 is 0 Å². The van der Waals surface area contributed by atoms with E-state index in [0.29, 0.717) is 0 Å². The van der Waals surface area contributed by atoms with Crippen molar-refractivity contribution in [1.29, 1.82) is 0 Å². The maximum Gasteiger partial charge on any atom is 0.120 e. The molecule has 3 nitrogen and oxygen atoms in total. The summed E-state index contributed by atoms with van der Waals surface area (Å²) in [4.78, 5) is 1.04. The van der Waals surface area contributed by atoms with Crippen LogP contribution in [-0.2, 0) is 0 Å². The normalized spacial score (nSPS) is 10.1. The van der Waals surface area contributed by atoms with Gasteiger partial charge in [0.2, 0.25) is 0 Å². The molecule has 1 rings (SSSR count). The summed E-state index contributed by atoms with van der Waals surface area (Å²) in [5.74, 6) is 0.794. The summed E-state index contributed by atoms with van der Waals surface area (Å²) < 4.78 is 8.29. The average Bonchev–Trinajstić information content (AvgIpc) is 2.20. The number of ether oxygens (including phenoxy) is 1. The van der Waals surface area contributed by atoms with Gasteiger partial charge in [-0.3, -0.25) is 4.72 Å². The number of hydrogen-bond acceptors (Lipinski definition) is 4. The lowest BCUT2D eigenvalue weighted by Crippen LogP contribution is -2.04. The largest absolute Gasteiger partial charge is 0.497 e. The van der Waals surface area contributed by atoms with E-state index in [4.69, 9.17) is 10.5 Å². The van der Waals surface area contributed by atoms with Gasteiger partial charge in [0.05, 0.1) is 12.8 Å². The Bertz CT molecular complexity index is 291. The molecule has 0 saturated carbocycles. The second-order valence-electron chi connectivity index (χ2n) is 2.90. The van der Waals surface area contributed by atoms with Crippen molar-refractivity contribution in [2.45, 2.75) is 18.2 Å². The first kappa shape index (κ1) is 11.2. The topological polar surface area (TPSA) is 47.3 Å². The van der Waals surface area contributed by atoms with Crippen molar-refractivity contribution < 1.29 is 4.74 Å². The molecule has 3 N–H and O–H groups in total. The van der Waals surface area contributed by atoms with Crippen LogP contribution in [0.2, 0.25) is 0 Å². The van der Waals surface area contributed by atoms with Crippen LogP contribution in [0.1, 0.15) is 13.3 Å². The van der Waals surface area contributed by atoms with Crippen LogP contribution < -0.4 is 15.2 Å². The monoisotopic (exact) mass is 212 g/mol. The van der Waals surface area contributed by atoms with Crippen LogP contribution in [0.5, 0.6) is 5.75 Å². The Labute approximate surface area is 89.2 Å². The quantitative estimate of drug-likeness (QED) is 0.446. The molecule has 0 aliphatic heterocycles. The van der Waals surface area contributed by atoms with Crippen LogP contribution in [0.3, 0.4) is 0 Å². The zero-order chi connectivity index (χ0) is 10.4. The van der Waals surface area contributed by atoms with Crippen molar-refractivity contribution in [2.24, 2.45) is 0 Å². The summed E-state index contributed by atoms with van der Waals surface area (Å²) in [7, 11) is 1.64. The third-order valence-electron chi connectivity index (χ3n) is 1.75. The van der Waals surface area contributed by atoms with Gasteiger partial charge in [0.1, 0.15) is 5.75 Å². The first-order chi connectivity index (χ1) is 6.77.